The number of rotatable bonds is 5. The molecule has 1 aliphatic rings. The number of aliphatic hydroxyl groups is 1. The summed E-state index contributed by atoms with van der Waals surface area (Å²) in [6, 6.07) is 15.6. The summed E-state index contributed by atoms with van der Waals surface area (Å²) in [6.45, 7) is 2.84. The van der Waals surface area contributed by atoms with Gasteiger partial charge in [-0.2, -0.15) is 5.26 Å². The van der Waals surface area contributed by atoms with Gasteiger partial charge in [-0.3, -0.25) is 4.90 Å². The first kappa shape index (κ1) is 16.4. The molecule has 0 aliphatic carbocycles. The molecule has 1 N–H and O–H groups in total. The molecule has 3 rings (SSSR count). The van der Waals surface area contributed by atoms with Crippen LogP contribution in [0, 0.1) is 11.3 Å². The van der Waals surface area contributed by atoms with Gasteiger partial charge in [0.15, 0.2) is 11.5 Å². The summed E-state index contributed by atoms with van der Waals surface area (Å²) in [4.78, 5) is 4.16. The summed E-state index contributed by atoms with van der Waals surface area (Å²) in [7, 11) is 1.88. The van der Waals surface area contributed by atoms with Crippen LogP contribution in [0.4, 0.5) is 5.82 Å². The molecule has 1 aromatic heterocycles. The lowest BCUT2D eigenvalue weighted by molar-refractivity contribution is 0.0561. The molecule has 0 amide bonds. The quantitative estimate of drug-likeness (QED) is 0.897. The van der Waals surface area contributed by atoms with E-state index in [9.17, 15) is 5.11 Å². The van der Waals surface area contributed by atoms with Crippen molar-refractivity contribution in [1.82, 2.24) is 15.1 Å². The third kappa shape index (κ3) is 3.88. The highest BCUT2D eigenvalue weighted by molar-refractivity contribution is 5.38. The summed E-state index contributed by atoms with van der Waals surface area (Å²) in [5.41, 5.74) is 0.785. The molecule has 1 unspecified atom stereocenters. The average molecular weight is 323 g/mol. The zero-order chi connectivity index (χ0) is 17.0. The minimum Gasteiger partial charge on any atom is -0.387 e. The van der Waals surface area contributed by atoms with Gasteiger partial charge in [-0.1, -0.05) is 30.3 Å². The highest BCUT2D eigenvalue weighted by Crippen LogP contribution is 2.25. The van der Waals surface area contributed by atoms with Crippen molar-refractivity contribution in [2.24, 2.45) is 0 Å². The average Bonchev–Trinajstić information content (AvgIpc) is 2.96. The van der Waals surface area contributed by atoms with E-state index >= 15 is 0 Å². The Morgan fingerprint density at radius 2 is 2.04 bits per heavy atom. The minimum absolute atomic E-state index is 0.292. The van der Waals surface area contributed by atoms with Gasteiger partial charge in [-0.05, 0) is 24.1 Å². The predicted octanol–water partition coefficient (Wildman–Crippen LogP) is 1.42. The number of likely N-dealkylation sites (N-methyl/N-ethyl adjacent to an activating group) is 1. The highest BCUT2D eigenvalue weighted by Gasteiger charge is 2.37. The van der Waals surface area contributed by atoms with Gasteiger partial charge in [-0.25, -0.2) is 0 Å². The van der Waals surface area contributed by atoms with E-state index in [4.69, 9.17) is 5.26 Å². The second kappa shape index (κ2) is 6.95. The maximum Gasteiger partial charge on any atom is 0.163 e. The summed E-state index contributed by atoms with van der Waals surface area (Å²) >= 11 is 0. The van der Waals surface area contributed by atoms with E-state index in [1.807, 2.05) is 36.2 Å². The molecule has 0 bridgehead atoms. The van der Waals surface area contributed by atoms with Crippen LogP contribution < -0.4 is 4.90 Å². The van der Waals surface area contributed by atoms with Crippen LogP contribution in [0.3, 0.4) is 0 Å². The van der Waals surface area contributed by atoms with Gasteiger partial charge < -0.3 is 10.0 Å². The van der Waals surface area contributed by atoms with Crippen LogP contribution in [0.5, 0.6) is 0 Å². The maximum atomic E-state index is 10.9. The van der Waals surface area contributed by atoms with Gasteiger partial charge in [-0.15, -0.1) is 10.2 Å². The monoisotopic (exact) mass is 323 g/mol. The second-order valence-corrected chi connectivity index (χ2v) is 6.42. The van der Waals surface area contributed by atoms with E-state index in [0.29, 0.717) is 24.6 Å². The van der Waals surface area contributed by atoms with E-state index in [0.717, 1.165) is 19.5 Å². The molecule has 1 aromatic carbocycles. The zero-order valence-electron chi connectivity index (χ0n) is 13.8. The predicted molar refractivity (Wildman–Crippen MR) is 91.3 cm³/mol. The first-order valence-electron chi connectivity index (χ1n) is 8.02. The lowest BCUT2D eigenvalue weighted by Gasteiger charge is -2.29. The lowest BCUT2D eigenvalue weighted by atomic mass is 10.0. The number of aromatic nitrogens is 2. The Balaban J connectivity index is 1.59. The van der Waals surface area contributed by atoms with Crippen LogP contribution in [0.15, 0.2) is 42.5 Å². The summed E-state index contributed by atoms with van der Waals surface area (Å²) in [5, 5.41) is 27.5. The smallest absolute Gasteiger partial charge is 0.163 e. The van der Waals surface area contributed by atoms with Crippen molar-refractivity contribution in [2.75, 3.05) is 31.6 Å². The molecule has 1 saturated heterocycles. The van der Waals surface area contributed by atoms with Crippen LogP contribution in [-0.4, -0.2) is 52.5 Å². The number of hydrogen-bond donors (Lipinski definition) is 1. The van der Waals surface area contributed by atoms with Crippen molar-refractivity contribution in [3.8, 4) is 6.07 Å². The van der Waals surface area contributed by atoms with Crippen molar-refractivity contribution in [3.05, 3.63) is 53.7 Å². The molecule has 2 aromatic rings. The summed E-state index contributed by atoms with van der Waals surface area (Å²) in [6.07, 6.45) is 0.730. The van der Waals surface area contributed by atoms with E-state index in [1.54, 1.807) is 12.1 Å². The van der Waals surface area contributed by atoms with E-state index in [1.165, 1.54) is 5.56 Å². The molecule has 0 saturated carbocycles. The fraction of sp³-hybridized carbons (Fsp3) is 0.389. The maximum absolute atomic E-state index is 10.9. The van der Waals surface area contributed by atoms with E-state index in [2.05, 4.69) is 27.2 Å². The van der Waals surface area contributed by atoms with Crippen molar-refractivity contribution in [3.63, 3.8) is 0 Å². The van der Waals surface area contributed by atoms with Gasteiger partial charge in [0.25, 0.3) is 0 Å². The Kier molecular flexibility index (Phi) is 4.74. The number of anilines is 1. The normalized spacial score (nSPS) is 20.7. The van der Waals surface area contributed by atoms with Gasteiger partial charge in [0.2, 0.25) is 0 Å². The molecule has 1 fully saturated rings. The lowest BCUT2D eigenvalue weighted by Crippen LogP contribution is -2.44. The van der Waals surface area contributed by atoms with Gasteiger partial charge >= 0.3 is 0 Å². The summed E-state index contributed by atoms with van der Waals surface area (Å²) in [5.74, 6) is 0.656. The van der Waals surface area contributed by atoms with Gasteiger partial charge in [0, 0.05) is 33.2 Å². The number of β-amino-alcohol motifs (C(OH)–C–C–N with tert-alkyl or cyclic N) is 1. The Morgan fingerprint density at radius 1 is 1.25 bits per heavy atom. The Morgan fingerprint density at radius 3 is 2.71 bits per heavy atom. The van der Waals surface area contributed by atoms with Gasteiger partial charge in [0.1, 0.15) is 6.07 Å². The van der Waals surface area contributed by atoms with Crippen molar-refractivity contribution in [1.29, 1.82) is 5.26 Å². The molecular formula is C18H21N5O. The molecule has 124 valence electrons. The van der Waals surface area contributed by atoms with Gasteiger partial charge in [0.05, 0.1) is 5.60 Å². The molecule has 0 radical (unpaired) electrons. The third-order valence-electron chi connectivity index (χ3n) is 4.35. The molecular weight excluding hydrogens is 302 g/mol. The summed E-state index contributed by atoms with van der Waals surface area (Å²) < 4.78 is 0. The molecule has 1 atom stereocenters. The molecule has 24 heavy (non-hydrogen) atoms. The highest BCUT2D eigenvalue weighted by atomic mass is 16.3. The van der Waals surface area contributed by atoms with Crippen LogP contribution in [-0.2, 0) is 6.54 Å². The molecule has 6 heteroatoms. The number of benzene rings is 1. The fourth-order valence-corrected chi connectivity index (χ4v) is 3.16. The van der Waals surface area contributed by atoms with Crippen LogP contribution in [0.1, 0.15) is 17.7 Å². The fourth-order valence-electron chi connectivity index (χ4n) is 3.16. The molecule has 6 nitrogen and oxygen atoms in total. The molecule has 0 spiro atoms. The largest absolute Gasteiger partial charge is 0.387 e. The van der Waals surface area contributed by atoms with Crippen LogP contribution in [0.2, 0.25) is 0 Å². The zero-order valence-corrected chi connectivity index (χ0v) is 13.8. The van der Waals surface area contributed by atoms with Crippen LogP contribution >= 0.6 is 0 Å². The second-order valence-electron chi connectivity index (χ2n) is 6.42. The Bertz CT molecular complexity index is 712. The van der Waals surface area contributed by atoms with Crippen molar-refractivity contribution in [2.45, 2.75) is 18.6 Å². The topological polar surface area (TPSA) is 76.3 Å². The van der Waals surface area contributed by atoms with Crippen molar-refractivity contribution < 1.29 is 5.11 Å². The first-order valence-corrected chi connectivity index (χ1v) is 8.02. The number of hydrogen-bond acceptors (Lipinski definition) is 6. The number of likely N-dealkylation sites (tertiary alicyclic amines) is 1. The third-order valence-corrected chi connectivity index (χ3v) is 4.35. The Hall–Kier alpha value is -2.49. The Labute approximate surface area is 142 Å². The SMILES string of the molecule is CN(CC1(O)CCN(Cc2ccccc2)C1)c1ccc(C#N)nn1. The number of nitriles is 1. The standard InChI is InChI=1S/C18H21N5O/c1-22(17-8-7-16(11-19)20-21-17)13-18(24)9-10-23(14-18)12-15-5-3-2-4-6-15/h2-8,24H,9-10,12-14H2,1H3. The molecule has 1 aliphatic heterocycles. The molecule has 2 heterocycles. The minimum atomic E-state index is -0.765. The van der Waals surface area contributed by atoms with Crippen molar-refractivity contribution >= 4 is 5.82 Å². The first-order chi connectivity index (χ1) is 11.6. The number of nitrogens with zero attached hydrogens (tertiary/aromatic N) is 5. The van der Waals surface area contributed by atoms with E-state index in [-0.39, 0.29) is 0 Å². The van der Waals surface area contributed by atoms with E-state index < -0.39 is 5.60 Å². The van der Waals surface area contributed by atoms with Crippen LogP contribution in [0.25, 0.3) is 0 Å².